The van der Waals surface area contributed by atoms with E-state index in [0.29, 0.717) is 0 Å². The van der Waals surface area contributed by atoms with Crippen LogP contribution in [0.4, 0.5) is 0 Å². The van der Waals surface area contributed by atoms with Gasteiger partial charge in [0.15, 0.2) is 77.7 Å². The fraction of sp³-hybridized carbons (Fsp3) is 1.00. The molecule has 0 aromatic rings. The van der Waals surface area contributed by atoms with Gasteiger partial charge in [-0.25, -0.2) is 0 Å². The Morgan fingerprint density at radius 3 is 1.31 bits per heavy atom. The summed E-state index contributed by atoms with van der Waals surface area (Å²) in [7, 11) is -55.4. The molecular formula is C18H58O20Si16. The molecule has 6 fully saturated rings. The molecule has 6 aliphatic rings. The minimum absolute atomic E-state index is 1.39. The van der Waals surface area contributed by atoms with Gasteiger partial charge >= 0.3 is 71.4 Å². The average Bonchev–Trinajstić information content (AvgIpc) is 3.14. The summed E-state index contributed by atoms with van der Waals surface area (Å²) in [5.74, 6) is 0. The lowest BCUT2D eigenvalue weighted by atomic mass is 11.4. The molecule has 54 heavy (non-hydrogen) atoms. The molecule has 0 amide bonds. The van der Waals surface area contributed by atoms with Crippen molar-refractivity contribution in [1.29, 1.82) is 0 Å². The Morgan fingerprint density at radius 2 is 0.796 bits per heavy atom. The van der Waals surface area contributed by atoms with E-state index >= 15 is 0 Å². The van der Waals surface area contributed by atoms with Gasteiger partial charge in [0.2, 0.25) is 0 Å². The van der Waals surface area contributed by atoms with Gasteiger partial charge in [-0.05, 0) is 105 Å². The number of rotatable bonds is 16. The van der Waals surface area contributed by atoms with Crippen molar-refractivity contribution in [2.24, 2.45) is 0 Å². The zero-order valence-electron chi connectivity index (χ0n) is 33.9. The minimum Gasteiger partial charge on any atom is -0.418 e. The number of fused-ring (bicyclic) bond motifs is 3. The van der Waals surface area contributed by atoms with Crippen LogP contribution in [0.1, 0.15) is 0 Å². The first-order chi connectivity index (χ1) is 24.7. The van der Waals surface area contributed by atoms with Gasteiger partial charge in [-0.2, -0.15) is 0 Å². The van der Waals surface area contributed by atoms with E-state index < -0.39 is 154 Å². The Kier molecular flexibility index (Phi) is 13.5. The number of hydrogen-bond acceptors (Lipinski definition) is 20. The molecule has 0 aromatic carbocycles. The van der Waals surface area contributed by atoms with Crippen LogP contribution in [0.15, 0.2) is 0 Å². The predicted octanol–water partition coefficient (Wildman–Crippen LogP) is -1.04. The molecule has 6 saturated heterocycles. The molecule has 0 aliphatic carbocycles. The smallest absolute Gasteiger partial charge is 0.418 e. The van der Waals surface area contributed by atoms with Crippen LogP contribution in [0.25, 0.3) is 0 Å². The van der Waals surface area contributed by atoms with Crippen LogP contribution in [0.5, 0.6) is 0 Å². The summed E-state index contributed by atoms with van der Waals surface area (Å²) in [6, 6.07) is 0. The predicted molar refractivity (Wildman–Crippen MR) is 226 cm³/mol. The Balaban J connectivity index is 1.82. The van der Waals surface area contributed by atoms with E-state index in [1.165, 1.54) is 0 Å². The monoisotopic (exact) mass is 1040 g/mol. The highest BCUT2D eigenvalue weighted by molar-refractivity contribution is 7.08. The standard InChI is InChI=1S/C18H58O20Si16/c1-39(2)23-47-17-20-49(25-41(5)6)18(21-47)22-52(28-44(11)12)35-50(18,26-42(7)8)36-54(34-49,30-46(15)16)37-51(19,27-43(9)10)31-48(17,24-40(3)4)33-53(32-47,38-52)29-45(13)14/h17,19,39-46H,1-16H3/t17?,18?,47?,48-,49-,50?,51?,52+,53+,54?/m0/s1. The molecular weight excluding hydrogens is 986 g/mol. The molecule has 6 aliphatic heterocycles. The van der Waals surface area contributed by atoms with E-state index in [4.69, 9.17) is 79.1 Å². The van der Waals surface area contributed by atoms with Crippen molar-refractivity contribution < 1.29 is 83.9 Å². The van der Waals surface area contributed by atoms with E-state index in [-0.39, 0.29) is 0 Å². The third-order valence-electron chi connectivity index (χ3n) is 7.47. The van der Waals surface area contributed by atoms with Gasteiger partial charge in [-0.1, -0.05) is 0 Å². The molecule has 1 spiro atoms. The van der Waals surface area contributed by atoms with Crippen molar-refractivity contribution in [3.8, 4) is 0 Å². The lowest BCUT2D eigenvalue weighted by molar-refractivity contribution is -0.175. The summed E-state index contributed by atoms with van der Waals surface area (Å²) in [4.78, 5) is 12.9. The fourth-order valence-corrected chi connectivity index (χ4v) is 74.7. The Hall–Kier alpha value is 2.67. The molecule has 0 saturated carbocycles. The second-order valence-electron chi connectivity index (χ2n) is 15.8. The van der Waals surface area contributed by atoms with Crippen molar-refractivity contribution in [3.63, 3.8) is 0 Å². The maximum absolute atomic E-state index is 12.9. The summed E-state index contributed by atoms with van der Waals surface area (Å²) in [6.07, 6.45) is 0. The first-order valence-corrected chi connectivity index (χ1v) is 54.5. The average molecular weight is 1040 g/mol. The summed E-state index contributed by atoms with van der Waals surface area (Å²) >= 11 is 0. The lowest BCUT2D eigenvalue weighted by Crippen LogP contribution is -2.97. The van der Waals surface area contributed by atoms with Crippen LogP contribution in [0, 0.1) is 0 Å². The second-order valence-corrected chi connectivity index (χ2v) is 59.4. The lowest BCUT2D eigenvalue weighted by Gasteiger charge is -2.63. The van der Waals surface area contributed by atoms with E-state index in [9.17, 15) is 4.80 Å². The summed E-state index contributed by atoms with van der Waals surface area (Å²) in [5, 5.41) is -3.57. The summed E-state index contributed by atoms with van der Waals surface area (Å²) < 4.78 is 134. The molecule has 0 aromatic heterocycles. The van der Waals surface area contributed by atoms with Crippen LogP contribution in [0.3, 0.4) is 0 Å². The van der Waals surface area contributed by atoms with Gasteiger partial charge in [0, 0.05) is 0 Å². The van der Waals surface area contributed by atoms with Crippen molar-refractivity contribution in [2.45, 2.75) is 115 Å². The molecule has 10 atom stereocenters. The maximum atomic E-state index is 12.9. The van der Waals surface area contributed by atoms with Crippen molar-refractivity contribution in [1.82, 2.24) is 0 Å². The van der Waals surface area contributed by atoms with Gasteiger partial charge in [0.25, 0.3) is 5.03 Å². The quantitative estimate of drug-likeness (QED) is 0.184. The molecule has 0 radical (unpaired) electrons. The van der Waals surface area contributed by atoms with E-state index in [1.54, 1.807) is 0 Å². The van der Waals surface area contributed by atoms with E-state index in [2.05, 4.69) is 0 Å². The molecule has 314 valence electrons. The van der Waals surface area contributed by atoms with E-state index in [1.807, 2.05) is 105 Å². The molecule has 36 heteroatoms. The van der Waals surface area contributed by atoms with Crippen LogP contribution < -0.4 is 0 Å². The third kappa shape index (κ3) is 8.31. The Labute approximate surface area is 340 Å². The molecule has 6 heterocycles. The zero-order valence-corrected chi connectivity index (χ0v) is 51.1. The van der Waals surface area contributed by atoms with E-state index in [0.717, 1.165) is 0 Å². The molecule has 6 unspecified atom stereocenters. The first-order valence-electron chi connectivity index (χ1n) is 18.6. The normalized spacial score (nSPS) is 45.6. The fourth-order valence-electron chi connectivity index (χ4n) is 6.65. The van der Waals surface area contributed by atoms with Crippen molar-refractivity contribution in [3.05, 3.63) is 0 Å². The largest absolute Gasteiger partial charge is 0.657 e. The highest BCUT2D eigenvalue weighted by Crippen LogP contribution is 2.63. The van der Waals surface area contributed by atoms with Gasteiger partial charge in [0.1, 0.15) is 0 Å². The van der Waals surface area contributed by atoms with Gasteiger partial charge < -0.3 is 83.9 Å². The summed E-state index contributed by atoms with van der Waals surface area (Å²) in [5.41, 5.74) is 0. The minimum atomic E-state index is -5.03. The molecule has 7 bridgehead atoms. The Bertz CT molecular complexity index is 1400. The van der Waals surface area contributed by atoms with Crippen LogP contribution >= 0.6 is 0 Å². The van der Waals surface area contributed by atoms with Crippen molar-refractivity contribution in [2.75, 3.05) is 0 Å². The molecule has 20 nitrogen and oxygen atoms in total. The highest BCUT2D eigenvalue weighted by atomic mass is 28.6. The SMILES string of the molecule is C[SiH](C)O[Si]1(O)O[Si]2(O[SiH](C)C)O[Si]3(O[SiH](C)C)O[Si@]4(O[SiH](C)C)OC35O[Si]3(O[SiH](C)C)O[Si@@](O[SiH](C)C)(O4)O[Si@@](O[SiH](C)C)(O1)C3O[Si@@]5(O[SiH](C)C)O2. The molecule has 1 N–H and O–H groups in total. The topological polar surface area (TPSA) is 196 Å². The zero-order chi connectivity index (χ0) is 40.1. The highest BCUT2D eigenvalue weighted by Gasteiger charge is 3.03. The van der Waals surface area contributed by atoms with Crippen LogP contribution in [-0.2, 0) is 79.1 Å². The van der Waals surface area contributed by atoms with Gasteiger partial charge in [-0.3, -0.25) is 0 Å². The van der Waals surface area contributed by atoms with Crippen molar-refractivity contribution >= 4 is 144 Å². The van der Waals surface area contributed by atoms with Gasteiger partial charge in [-0.15, -0.1) is 0 Å². The number of hydrogen-bond donors (Lipinski definition) is 1. The Morgan fingerprint density at radius 1 is 0.389 bits per heavy atom. The van der Waals surface area contributed by atoms with Gasteiger partial charge in [0.05, 0.1) is 0 Å². The molecule has 6 rings (SSSR count). The second kappa shape index (κ2) is 15.8. The van der Waals surface area contributed by atoms with Crippen LogP contribution in [-0.4, -0.2) is 159 Å². The first kappa shape index (κ1) is 46.2. The third-order valence-corrected chi connectivity index (χ3v) is 59.5. The summed E-state index contributed by atoms with van der Waals surface area (Å²) in [6.45, 7) is 31.0. The van der Waals surface area contributed by atoms with Crippen LogP contribution in [0.2, 0.25) is 105 Å². The maximum Gasteiger partial charge on any atom is 0.657 e.